The molecule has 4 aromatic rings. The van der Waals surface area contributed by atoms with E-state index < -0.39 is 0 Å². The Labute approximate surface area is 148 Å². The molecule has 0 bridgehead atoms. The summed E-state index contributed by atoms with van der Waals surface area (Å²) in [7, 11) is 0. The third-order valence-corrected chi connectivity index (χ3v) is 4.19. The largest absolute Gasteiger partial charge is 0.508 e. The minimum atomic E-state index is 0.222. The third-order valence-electron chi connectivity index (χ3n) is 4.19. The topological polar surface area (TPSA) is 80.9 Å². The van der Waals surface area contributed by atoms with Gasteiger partial charge in [0.1, 0.15) is 11.6 Å². The average molecular weight is 346 g/mol. The Morgan fingerprint density at radius 2 is 1.85 bits per heavy atom. The highest BCUT2D eigenvalue weighted by Crippen LogP contribution is 2.36. The molecule has 2 N–H and O–H groups in total. The summed E-state index contributed by atoms with van der Waals surface area (Å²) < 4.78 is 12.5. The second-order valence-electron chi connectivity index (χ2n) is 5.88. The first-order valence-electron chi connectivity index (χ1n) is 8.07. The number of aromatic nitrogens is 3. The van der Waals surface area contributed by atoms with Crippen LogP contribution in [0, 0.1) is 0 Å². The number of nitrogens with zero attached hydrogens (tertiary/aromatic N) is 3. The van der Waals surface area contributed by atoms with Gasteiger partial charge in [0, 0.05) is 17.4 Å². The number of anilines is 2. The van der Waals surface area contributed by atoms with Crippen molar-refractivity contribution in [3.8, 4) is 28.4 Å². The summed E-state index contributed by atoms with van der Waals surface area (Å²) in [6.07, 6.45) is 3.63. The van der Waals surface area contributed by atoms with Crippen molar-refractivity contribution >= 4 is 17.2 Å². The number of hydrogen-bond donors (Lipinski definition) is 2. The number of aromatic hydroxyl groups is 1. The predicted molar refractivity (Wildman–Crippen MR) is 95.9 cm³/mol. The van der Waals surface area contributed by atoms with E-state index in [1.165, 1.54) is 0 Å². The molecule has 3 heterocycles. The molecule has 2 aromatic carbocycles. The van der Waals surface area contributed by atoms with Crippen LogP contribution in [-0.2, 0) is 0 Å². The van der Waals surface area contributed by atoms with Gasteiger partial charge < -0.3 is 19.9 Å². The summed E-state index contributed by atoms with van der Waals surface area (Å²) in [5.74, 6) is 2.37. The van der Waals surface area contributed by atoms with Crippen LogP contribution in [0.4, 0.5) is 11.5 Å². The first kappa shape index (κ1) is 14.6. The summed E-state index contributed by atoms with van der Waals surface area (Å²) in [4.78, 5) is 4.68. The number of hydrogen-bond acceptors (Lipinski definition) is 6. The number of benzene rings is 2. The van der Waals surface area contributed by atoms with Gasteiger partial charge in [0.25, 0.3) is 0 Å². The van der Waals surface area contributed by atoms with Gasteiger partial charge in [-0.25, -0.2) is 9.50 Å². The van der Waals surface area contributed by atoms with Gasteiger partial charge >= 0.3 is 0 Å². The van der Waals surface area contributed by atoms with Crippen LogP contribution >= 0.6 is 0 Å². The van der Waals surface area contributed by atoms with E-state index in [1.807, 2.05) is 30.5 Å². The second kappa shape index (κ2) is 5.66. The first-order valence-corrected chi connectivity index (χ1v) is 8.07. The molecular weight excluding hydrogens is 332 g/mol. The Kier molecular flexibility index (Phi) is 3.18. The van der Waals surface area contributed by atoms with Crippen molar-refractivity contribution < 1.29 is 14.6 Å². The molecule has 0 unspecified atom stereocenters. The fourth-order valence-corrected chi connectivity index (χ4v) is 2.90. The molecule has 0 aliphatic carbocycles. The van der Waals surface area contributed by atoms with Gasteiger partial charge in [0.05, 0.1) is 6.20 Å². The summed E-state index contributed by atoms with van der Waals surface area (Å²) >= 11 is 0. The lowest BCUT2D eigenvalue weighted by molar-refractivity contribution is 0.174. The number of phenols is 1. The molecule has 0 spiro atoms. The van der Waals surface area contributed by atoms with E-state index in [2.05, 4.69) is 15.4 Å². The number of nitrogens with one attached hydrogen (secondary N) is 1. The number of ether oxygens (including phenoxy) is 2. The molecule has 2 aromatic heterocycles. The van der Waals surface area contributed by atoms with E-state index in [0.29, 0.717) is 5.82 Å². The Balaban J connectivity index is 1.53. The zero-order valence-corrected chi connectivity index (χ0v) is 13.6. The van der Waals surface area contributed by atoms with Crippen LogP contribution in [0.15, 0.2) is 60.9 Å². The highest BCUT2D eigenvalue weighted by molar-refractivity contribution is 5.79. The van der Waals surface area contributed by atoms with Crippen LogP contribution < -0.4 is 14.8 Å². The van der Waals surface area contributed by atoms with E-state index in [-0.39, 0.29) is 12.5 Å². The molecule has 26 heavy (non-hydrogen) atoms. The lowest BCUT2D eigenvalue weighted by Crippen LogP contribution is -1.97. The lowest BCUT2D eigenvalue weighted by atomic mass is 10.1. The number of rotatable bonds is 3. The van der Waals surface area contributed by atoms with Gasteiger partial charge in [-0.3, -0.25) is 0 Å². The Morgan fingerprint density at radius 3 is 2.73 bits per heavy atom. The molecule has 0 radical (unpaired) electrons. The van der Waals surface area contributed by atoms with E-state index >= 15 is 0 Å². The molecule has 1 aliphatic heterocycles. The molecule has 0 amide bonds. The van der Waals surface area contributed by atoms with Crippen LogP contribution in [0.3, 0.4) is 0 Å². The smallest absolute Gasteiger partial charge is 0.231 e. The average Bonchev–Trinajstić information content (AvgIpc) is 3.29. The molecule has 1 aliphatic rings. The SMILES string of the molecule is Oc1ccc(Nc2ccn3ncc(-c4ccc5c(c4)OCO5)c3n2)cc1. The maximum atomic E-state index is 9.39. The quantitative estimate of drug-likeness (QED) is 0.552. The van der Waals surface area contributed by atoms with Crippen LogP contribution in [0.5, 0.6) is 17.2 Å². The van der Waals surface area contributed by atoms with Gasteiger partial charge in [-0.15, -0.1) is 0 Å². The Hall–Kier alpha value is -3.74. The summed E-state index contributed by atoms with van der Waals surface area (Å²) in [5.41, 5.74) is 3.42. The summed E-state index contributed by atoms with van der Waals surface area (Å²) in [5, 5.41) is 17.0. The van der Waals surface area contributed by atoms with Gasteiger partial charge in [0.15, 0.2) is 17.1 Å². The van der Waals surface area contributed by atoms with Crippen molar-refractivity contribution in [1.82, 2.24) is 14.6 Å². The number of fused-ring (bicyclic) bond motifs is 2. The lowest BCUT2D eigenvalue weighted by Gasteiger charge is -2.07. The molecule has 0 fully saturated rings. The van der Waals surface area contributed by atoms with Crippen LogP contribution in [0.2, 0.25) is 0 Å². The van der Waals surface area contributed by atoms with Crippen molar-refractivity contribution in [2.45, 2.75) is 0 Å². The first-order chi connectivity index (χ1) is 12.8. The normalized spacial score (nSPS) is 12.5. The summed E-state index contributed by atoms with van der Waals surface area (Å²) in [6, 6.07) is 14.4. The van der Waals surface area contributed by atoms with Crippen LogP contribution in [0.25, 0.3) is 16.8 Å². The fourth-order valence-electron chi connectivity index (χ4n) is 2.90. The van der Waals surface area contributed by atoms with E-state index in [9.17, 15) is 5.11 Å². The maximum absolute atomic E-state index is 9.39. The van der Waals surface area contributed by atoms with Crippen molar-refractivity contribution in [2.75, 3.05) is 12.1 Å². The van der Waals surface area contributed by atoms with Crippen molar-refractivity contribution in [3.63, 3.8) is 0 Å². The van der Waals surface area contributed by atoms with E-state index in [4.69, 9.17) is 9.47 Å². The van der Waals surface area contributed by atoms with E-state index in [0.717, 1.165) is 34.0 Å². The molecule has 0 atom stereocenters. The Bertz CT molecular complexity index is 1110. The molecule has 0 saturated heterocycles. The zero-order chi connectivity index (χ0) is 17.5. The monoisotopic (exact) mass is 346 g/mol. The standard InChI is InChI=1S/C19H14N4O3/c24-14-4-2-13(3-5-14)21-18-7-8-23-19(22-18)15(10-20-23)12-1-6-16-17(9-12)26-11-25-16/h1-10,24H,11H2,(H,21,22). The molecule has 7 heteroatoms. The molecule has 7 nitrogen and oxygen atoms in total. The van der Waals surface area contributed by atoms with Gasteiger partial charge in [-0.05, 0) is 48.0 Å². The molecule has 0 saturated carbocycles. The number of phenolic OH excluding ortho intramolecular Hbond substituents is 1. The zero-order valence-electron chi connectivity index (χ0n) is 13.6. The molecular formula is C19H14N4O3. The molecule has 128 valence electrons. The minimum absolute atomic E-state index is 0.222. The third kappa shape index (κ3) is 2.46. The van der Waals surface area contributed by atoms with Crippen LogP contribution in [0.1, 0.15) is 0 Å². The highest BCUT2D eigenvalue weighted by Gasteiger charge is 2.16. The highest BCUT2D eigenvalue weighted by atomic mass is 16.7. The Morgan fingerprint density at radius 1 is 1.00 bits per heavy atom. The van der Waals surface area contributed by atoms with E-state index in [1.54, 1.807) is 35.0 Å². The fraction of sp³-hybridized carbons (Fsp3) is 0.0526. The van der Waals surface area contributed by atoms with Gasteiger partial charge in [0.2, 0.25) is 6.79 Å². The van der Waals surface area contributed by atoms with Crippen molar-refractivity contribution in [3.05, 3.63) is 60.9 Å². The van der Waals surface area contributed by atoms with Crippen LogP contribution in [-0.4, -0.2) is 26.5 Å². The second-order valence-corrected chi connectivity index (χ2v) is 5.88. The minimum Gasteiger partial charge on any atom is -0.508 e. The maximum Gasteiger partial charge on any atom is 0.231 e. The van der Waals surface area contributed by atoms with Gasteiger partial charge in [-0.2, -0.15) is 5.10 Å². The predicted octanol–water partition coefficient (Wildman–Crippen LogP) is 3.57. The van der Waals surface area contributed by atoms with Crippen molar-refractivity contribution in [1.29, 1.82) is 0 Å². The van der Waals surface area contributed by atoms with Crippen molar-refractivity contribution in [2.24, 2.45) is 0 Å². The molecule has 5 rings (SSSR count). The summed E-state index contributed by atoms with van der Waals surface area (Å²) in [6.45, 7) is 0.243. The van der Waals surface area contributed by atoms with Gasteiger partial charge in [-0.1, -0.05) is 6.07 Å².